The number of carbonyl (C=O) groups is 1. The molecule has 3 aromatic rings. The zero-order valence-corrected chi connectivity index (χ0v) is 14.0. The quantitative estimate of drug-likeness (QED) is 0.545. The molecule has 1 amide bonds. The molecule has 0 bridgehead atoms. The SMILES string of the molecule is O=C(CCc1nc2ccccc2[nH]c1=O)N/N=C/c1ccccc1Cl. The van der Waals surface area contributed by atoms with Crippen LogP contribution in [0.2, 0.25) is 5.02 Å². The third-order valence-electron chi connectivity index (χ3n) is 3.56. The van der Waals surface area contributed by atoms with Gasteiger partial charge < -0.3 is 4.98 Å². The van der Waals surface area contributed by atoms with E-state index in [0.717, 1.165) is 0 Å². The molecule has 0 fully saturated rings. The maximum Gasteiger partial charge on any atom is 0.270 e. The fourth-order valence-electron chi connectivity index (χ4n) is 2.28. The summed E-state index contributed by atoms with van der Waals surface area (Å²) in [7, 11) is 0. The number of aromatic nitrogens is 2. The van der Waals surface area contributed by atoms with Crippen molar-refractivity contribution >= 4 is 34.8 Å². The first kappa shape index (κ1) is 16.9. The van der Waals surface area contributed by atoms with Gasteiger partial charge in [-0.1, -0.05) is 41.9 Å². The Kier molecular flexibility index (Phi) is 5.20. The van der Waals surface area contributed by atoms with Crippen LogP contribution in [-0.4, -0.2) is 22.1 Å². The number of carbonyl (C=O) groups excluding carboxylic acids is 1. The van der Waals surface area contributed by atoms with E-state index in [1.54, 1.807) is 18.2 Å². The lowest BCUT2D eigenvalue weighted by Crippen LogP contribution is -2.21. The van der Waals surface area contributed by atoms with E-state index in [4.69, 9.17) is 11.6 Å². The molecular weight excluding hydrogens is 340 g/mol. The number of hydrazone groups is 1. The van der Waals surface area contributed by atoms with Crippen LogP contribution in [0.25, 0.3) is 11.0 Å². The average Bonchev–Trinajstić information content (AvgIpc) is 2.61. The number of nitrogens with zero attached hydrogens (tertiary/aromatic N) is 2. The van der Waals surface area contributed by atoms with Gasteiger partial charge in [0.25, 0.3) is 5.56 Å². The number of aromatic amines is 1. The molecule has 0 aliphatic rings. The number of nitrogens with one attached hydrogen (secondary N) is 2. The number of aryl methyl sites for hydroxylation is 1. The van der Waals surface area contributed by atoms with Crippen molar-refractivity contribution in [2.24, 2.45) is 5.10 Å². The predicted octanol–water partition coefficient (Wildman–Crippen LogP) is 2.66. The molecule has 1 aromatic heterocycles. The second kappa shape index (κ2) is 7.72. The van der Waals surface area contributed by atoms with Gasteiger partial charge in [-0.15, -0.1) is 0 Å². The van der Waals surface area contributed by atoms with Gasteiger partial charge in [0.15, 0.2) is 0 Å². The number of H-pyrrole nitrogens is 1. The zero-order chi connectivity index (χ0) is 17.6. The van der Waals surface area contributed by atoms with Gasteiger partial charge in [-0.25, -0.2) is 10.4 Å². The summed E-state index contributed by atoms with van der Waals surface area (Å²) in [5.41, 5.74) is 4.52. The van der Waals surface area contributed by atoms with Crippen molar-refractivity contribution in [3.8, 4) is 0 Å². The number of benzene rings is 2. The lowest BCUT2D eigenvalue weighted by Gasteiger charge is -2.02. The molecule has 0 atom stereocenters. The third kappa shape index (κ3) is 4.30. The van der Waals surface area contributed by atoms with Gasteiger partial charge in [-0.2, -0.15) is 5.10 Å². The van der Waals surface area contributed by atoms with E-state index in [0.29, 0.717) is 27.3 Å². The van der Waals surface area contributed by atoms with Crippen LogP contribution >= 0.6 is 11.6 Å². The second-order valence-electron chi connectivity index (χ2n) is 5.34. The number of para-hydroxylation sites is 2. The number of amides is 1. The summed E-state index contributed by atoms with van der Waals surface area (Å²) in [6.07, 6.45) is 1.81. The van der Waals surface area contributed by atoms with Crippen molar-refractivity contribution < 1.29 is 4.79 Å². The standard InChI is InChI=1S/C18H15ClN4O2/c19-13-6-2-1-5-12(13)11-20-23-17(24)10-9-16-18(25)22-15-8-4-3-7-14(15)21-16/h1-8,11H,9-10H2,(H,22,25)(H,23,24)/b20-11+. The van der Waals surface area contributed by atoms with Gasteiger partial charge in [0.1, 0.15) is 5.69 Å². The topological polar surface area (TPSA) is 87.2 Å². The Bertz CT molecular complexity index is 998. The van der Waals surface area contributed by atoms with E-state index >= 15 is 0 Å². The van der Waals surface area contributed by atoms with Crippen molar-refractivity contribution in [3.05, 3.63) is 75.2 Å². The van der Waals surface area contributed by atoms with Crippen LogP contribution < -0.4 is 11.0 Å². The zero-order valence-electron chi connectivity index (χ0n) is 13.2. The molecule has 0 spiro atoms. The van der Waals surface area contributed by atoms with Crippen LogP contribution in [0.15, 0.2) is 58.4 Å². The summed E-state index contributed by atoms with van der Waals surface area (Å²) < 4.78 is 0. The highest BCUT2D eigenvalue weighted by atomic mass is 35.5. The molecule has 3 rings (SSSR count). The first-order chi connectivity index (χ1) is 12.1. The molecule has 0 unspecified atom stereocenters. The molecule has 0 aliphatic carbocycles. The summed E-state index contributed by atoms with van der Waals surface area (Å²) in [6, 6.07) is 14.4. The molecule has 6 nitrogen and oxygen atoms in total. The summed E-state index contributed by atoms with van der Waals surface area (Å²) in [5, 5.41) is 4.42. The maximum absolute atomic E-state index is 12.0. The molecule has 7 heteroatoms. The van der Waals surface area contributed by atoms with E-state index in [1.165, 1.54) is 6.21 Å². The van der Waals surface area contributed by atoms with E-state index in [9.17, 15) is 9.59 Å². The van der Waals surface area contributed by atoms with Crippen LogP contribution in [0.1, 0.15) is 17.7 Å². The van der Waals surface area contributed by atoms with Crippen LogP contribution in [0, 0.1) is 0 Å². The lowest BCUT2D eigenvalue weighted by molar-refractivity contribution is -0.121. The molecule has 1 heterocycles. The van der Waals surface area contributed by atoms with Crippen molar-refractivity contribution in [1.82, 2.24) is 15.4 Å². The summed E-state index contributed by atoms with van der Waals surface area (Å²) >= 11 is 6.00. The maximum atomic E-state index is 12.0. The third-order valence-corrected chi connectivity index (χ3v) is 3.90. The Morgan fingerprint density at radius 3 is 2.80 bits per heavy atom. The van der Waals surface area contributed by atoms with Crippen molar-refractivity contribution in [1.29, 1.82) is 0 Å². The van der Waals surface area contributed by atoms with Crippen LogP contribution in [0.4, 0.5) is 0 Å². The van der Waals surface area contributed by atoms with Gasteiger partial charge in [0, 0.05) is 23.4 Å². The van der Waals surface area contributed by atoms with Gasteiger partial charge in [0.05, 0.1) is 17.2 Å². The number of rotatable bonds is 5. The molecule has 0 saturated heterocycles. The monoisotopic (exact) mass is 354 g/mol. The van der Waals surface area contributed by atoms with Gasteiger partial charge in [-0.3, -0.25) is 9.59 Å². The number of hydrogen-bond acceptors (Lipinski definition) is 4. The highest BCUT2D eigenvalue weighted by Gasteiger charge is 2.07. The second-order valence-corrected chi connectivity index (χ2v) is 5.75. The first-order valence-corrected chi connectivity index (χ1v) is 8.05. The molecule has 25 heavy (non-hydrogen) atoms. The first-order valence-electron chi connectivity index (χ1n) is 7.68. The van der Waals surface area contributed by atoms with Crippen molar-refractivity contribution in [3.63, 3.8) is 0 Å². The van der Waals surface area contributed by atoms with Crippen LogP contribution in [0.3, 0.4) is 0 Å². The predicted molar refractivity (Wildman–Crippen MR) is 97.9 cm³/mol. The molecule has 2 N–H and O–H groups in total. The van der Waals surface area contributed by atoms with E-state index < -0.39 is 0 Å². The average molecular weight is 355 g/mol. The normalized spacial score (nSPS) is 11.1. The fourth-order valence-corrected chi connectivity index (χ4v) is 2.46. The molecule has 0 saturated carbocycles. The Morgan fingerprint density at radius 1 is 1.20 bits per heavy atom. The Labute approximate surface area is 148 Å². The minimum atomic E-state index is -0.308. The number of fused-ring (bicyclic) bond motifs is 1. The molecule has 0 radical (unpaired) electrons. The van der Waals surface area contributed by atoms with Gasteiger partial charge in [0.2, 0.25) is 5.91 Å². The van der Waals surface area contributed by atoms with Crippen molar-refractivity contribution in [2.75, 3.05) is 0 Å². The smallest absolute Gasteiger partial charge is 0.270 e. The Hall–Kier alpha value is -2.99. The van der Waals surface area contributed by atoms with Crippen LogP contribution in [0.5, 0.6) is 0 Å². The summed E-state index contributed by atoms with van der Waals surface area (Å²) in [4.78, 5) is 30.9. The minimum absolute atomic E-state index is 0.105. The summed E-state index contributed by atoms with van der Waals surface area (Å²) in [6.45, 7) is 0. The van der Waals surface area contributed by atoms with E-state index in [2.05, 4.69) is 20.5 Å². The van der Waals surface area contributed by atoms with E-state index in [-0.39, 0.29) is 24.3 Å². The van der Waals surface area contributed by atoms with Crippen molar-refractivity contribution in [2.45, 2.75) is 12.8 Å². The number of halogens is 1. The van der Waals surface area contributed by atoms with Gasteiger partial charge >= 0.3 is 0 Å². The highest BCUT2D eigenvalue weighted by molar-refractivity contribution is 6.33. The molecule has 126 valence electrons. The Balaban J connectivity index is 1.60. The minimum Gasteiger partial charge on any atom is -0.319 e. The fraction of sp³-hybridized carbons (Fsp3) is 0.111. The van der Waals surface area contributed by atoms with E-state index in [1.807, 2.05) is 30.3 Å². The summed E-state index contributed by atoms with van der Waals surface area (Å²) in [5.74, 6) is -0.308. The van der Waals surface area contributed by atoms with Crippen LogP contribution in [-0.2, 0) is 11.2 Å². The van der Waals surface area contributed by atoms with Gasteiger partial charge in [-0.05, 0) is 18.2 Å². The highest BCUT2D eigenvalue weighted by Crippen LogP contribution is 2.12. The Morgan fingerprint density at radius 2 is 1.96 bits per heavy atom. The molecule has 0 aliphatic heterocycles. The lowest BCUT2D eigenvalue weighted by atomic mass is 10.2. The largest absolute Gasteiger partial charge is 0.319 e. The molecular formula is C18H15ClN4O2. The molecule has 2 aromatic carbocycles. The number of hydrogen-bond donors (Lipinski definition) is 2.